The van der Waals surface area contributed by atoms with Crippen molar-refractivity contribution in [3.63, 3.8) is 0 Å². The van der Waals surface area contributed by atoms with Crippen LogP contribution in [0.4, 0.5) is 17.6 Å². The Labute approximate surface area is 106 Å². The molecule has 19 heavy (non-hydrogen) atoms. The van der Waals surface area contributed by atoms with Gasteiger partial charge < -0.3 is 9.52 Å². The highest BCUT2D eigenvalue weighted by atomic mass is 19.2. The molecule has 0 aliphatic rings. The summed E-state index contributed by atoms with van der Waals surface area (Å²) < 4.78 is 58.2. The van der Waals surface area contributed by atoms with Crippen molar-refractivity contribution in [3.8, 4) is 11.3 Å². The van der Waals surface area contributed by atoms with Gasteiger partial charge in [-0.2, -0.15) is 0 Å². The molecule has 1 N–H and O–H groups in total. The van der Waals surface area contributed by atoms with Crippen molar-refractivity contribution in [1.29, 1.82) is 0 Å². The number of hydrogen-bond acceptors (Lipinski definition) is 2. The highest BCUT2D eigenvalue weighted by Crippen LogP contribution is 2.32. The number of hydrogen-bond donors (Lipinski definition) is 1. The Kier molecular flexibility index (Phi) is 3.61. The molecule has 0 spiro atoms. The molecule has 0 saturated heterocycles. The number of furan rings is 1. The van der Waals surface area contributed by atoms with Gasteiger partial charge in [0, 0.05) is 6.07 Å². The topological polar surface area (TPSA) is 33.4 Å². The van der Waals surface area contributed by atoms with Crippen molar-refractivity contribution < 1.29 is 27.1 Å². The normalized spacial score (nSPS) is 12.7. The van der Waals surface area contributed by atoms with Gasteiger partial charge >= 0.3 is 0 Å². The van der Waals surface area contributed by atoms with Crippen LogP contribution in [0.2, 0.25) is 0 Å². The van der Waals surface area contributed by atoms with Crippen LogP contribution in [0.25, 0.3) is 11.3 Å². The van der Waals surface area contributed by atoms with E-state index >= 15 is 0 Å². The zero-order valence-corrected chi connectivity index (χ0v) is 9.88. The summed E-state index contributed by atoms with van der Waals surface area (Å²) in [5.41, 5.74) is -0.924. The minimum Gasteiger partial charge on any atom is -0.458 e. The quantitative estimate of drug-likeness (QED) is 0.679. The third kappa shape index (κ3) is 2.35. The van der Waals surface area contributed by atoms with Crippen molar-refractivity contribution >= 4 is 0 Å². The summed E-state index contributed by atoms with van der Waals surface area (Å²) in [4.78, 5) is 0. The van der Waals surface area contributed by atoms with Crippen LogP contribution < -0.4 is 0 Å². The molecule has 1 aromatic carbocycles. The molecule has 0 saturated carbocycles. The van der Waals surface area contributed by atoms with E-state index in [4.69, 9.17) is 4.42 Å². The van der Waals surface area contributed by atoms with Gasteiger partial charge in [0.15, 0.2) is 23.3 Å². The third-order valence-corrected chi connectivity index (χ3v) is 2.70. The summed E-state index contributed by atoms with van der Waals surface area (Å²) in [6, 6.07) is 2.57. The molecule has 1 aromatic heterocycles. The summed E-state index contributed by atoms with van der Waals surface area (Å²) in [6.07, 6.45) is -0.617. The zero-order valence-electron chi connectivity index (χ0n) is 9.88. The monoisotopic (exact) mass is 274 g/mol. The van der Waals surface area contributed by atoms with Gasteiger partial charge in [-0.3, -0.25) is 0 Å². The Hall–Kier alpha value is -1.82. The van der Waals surface area contributed by atoms with Crippen molar-refractivity contribution in [1.82, 2.24) is 0 Å². The van der Waals surface area contributed by atoms with Gasteiger partial charge in [0.25, 0.3) is 0 Å². The second-order valence-electron chi connectivity index (χ2n) is 3.97. The number of aliphatic hydroxyl groups excluding tert-OH is 1. The summed E-state index contributed by atoms with van der Waals surface area (Å²) in [5, 5.41) is 9.51. The van der Waals surface area contributed by atoms with Crippen LogP contribution in [0.1, 0.15) is 25.2 Å². The largest absolute Gasteiger partial charge is 0.458 e. The van der Waals surface area contributed by atoms with Crippen LogP contribution in [-0.4, -0.2) is 5.11 Å². The minimum atomic E-state index is -1.54. The molecule has 6 heteroatoms. The summed E-state index contributed by atoms with van der Waals surface area (Å²) in [5.74, 6) is -6.40. The SMILES string of the molecule is CCC(O)c1ccc(-c2c(F)c(F)cc(F)c2F)o1. The lowest BCUT2D eigenvalue weighted by atomic mass is 10.1. The van der Waals surface area contributed by atoms with Gasteiger partial charge in [0.2, 0.25) is 0 Å². The first-order valence-electron chi connectivity index (χ1n) is 5.56. The second-order valence-corrected chi connectivity index (χ2v) is 3.97. The van der Waals surface area contributed by atoms with Gasteiger partial charge in [-0.25, -0.2) is 17.6 Å². The average molecular weight is 274 g/mol. The number of aliphatic hydroxyl groups is 1. The molecular weight excluding hydrogens is 264 g/mol. The van der Waals surface area contributed by atoms with E-state index in [1.165, 1.54) is 6.07 Å². The second kappa shape index (κ2) is 5.05. The molecule has 2 nitrogen and oxygen atoms in total. The number of halogens is 4. The Bertz CT molecular complexity index is 581. The summed E-state index contributed by atoms with van der Waals surface area (Å²) >= 11 is 0. The summed E-state index contributed by atoms with van der Waals surface area (Å²) in [6.45, 7) is 1.68. The molecular formula is C13H10F4O2. The van der Waals surface area contributed by atoms with Crippen LogP contribution in [0.5, 0.6) is 0 Å². The molecule has 0 aliphatic carbocycles. The highest BCUT2D eigenvalue weighted by molar-refractivity contribution is 5.59. The first-order chi connectivity index (χ1) is 8.95. The van der Waals surface area contributed by atoms with Crippen molar-refractivity contribution in [3.05, 3.63) is 47.2 Å². The fourth-order valence-electron chi connectivity index (χ4n) is 1.66. The van der Waals surface area contributed by atoms with E-state index in [0.717, 1.165) is 6.07 Å². The molecule has 1 unspecified atom stereocenters. The van der Waals surface area contributed by atoms with Crippen molar-refractivity contribution in [2.75, 3.05) is 0 Å². The zero-order chi connectivity index (χ0) is 14.2. The molecule has 0 bridgehead atoms. The van der Waals surface area contributed by atoms with E-state index in [0.29, 0.717) is 6.42 Å². The Morgan fingerprint density at radius 3 is 2.21 bits per heavy atom. The van der Waals surface area contributed by atoms with E-state index in [1.807, 2.05) is 0 Å². The van der Waals surface area contributed by atoms with Crippen LogP contribution in [0.3, 0.4) is 0 Å². The molecule has 0 fully saturated rings. The maximum Gasteiger partial charge on any atom is 0.172 e. The number of rotatable bonds is 3. The maximum atomic E-state index is 13.5. The predicted octanol–water partition coefficient (Wildman–Crippen LogP) is 3.95. The molecule has 2 aromatic rings. The molecule has 102 valence electrons. The predicted molar refractivity (Wildman–Crippen MR) is 59.2 cm³/mol. The van der Waals surface area contributed by atoms with Crippen LogP contribution in [0, 0.1) is 23.3 Å². The van der Waals surface area contributed by atoms with Crippen molar-refractivity contribution in [2.24, 2.45) is 0 Å². The van der Waals surface area contributed by atoms with Gasteiger partial charge in [-0.1, -0.05) is 6.92 Å². The fraction of sp³-hybridized carbons (Fsp3) is 0.231. The molecule has 2 rings (SSSR count). The van der Waals surface area contributed by atoms with Gasteiger partial charge in [-0.05, 0) is 18.6 Å². The van der Waals surface area contributed by atoms with Crippen molar-refractivity contribution in [2.45, 2.75) is 19.4 Å². The van der Waals surface area contributed by atoms with Crippen LogP contribution in [-0.2, 0) is 0 Å². The summed E-state index contributed by atoms with van der Waals surface area (Å²) in [7, 11) is 0. The van der Waals surface area contributed by atoms with E-state index in [9.17, 15) is 22.7 Å². The standard InChI is InChI=1S/C13H10F4O2/c1-2-8(18)9-3-4-10(19-9)11-12(16)6(14)5-7(15)13(11)17/h3-5,8,18H,2H2,1H3. The molecule has 0 radical (unpaired) electrons. The molecule has 0 aliphatic heterocycles. The van der Waals surface area contributed by atoms with E-state index in [-0.39, 0.29) is 17.6 Å². The van der Waals surface area contributed by atoms with Gasteiger partial charge in [-0.15, -0.1) is 0 Å². The lowest BCUT2D eigenvalue weighted by Crippen LogP contribution is -1.98. The first-order valence-corrected chi connectivity index (χ1v) is 5.56. The van der Waals surface area contributed by atoms with Gasteiger partial charge in [0.05, 0.1) is 5.56 Å². The Balaban J connectivity index is 2.56. The van der Waals surface area contributed by atoms with Crippen LogP contribution >= 0.6 is 0 Å². The number of benzene rings is 1. The molecule has 1 heterocycles. The van der Waals surface area contributed by atoms with Crippen LogP contribution in [0.15, 0.2) is 22.6 Å². The Morgan fingerprint density at radius 2 is 1.68 bits per heavy atom. The highest BCUT2D eigenvalue weighted by Gasteiger charge is 2.23. The lowest BCUT2D eigenvalue weighted by molar-refractivity contribution is 0.146. The fourth-order valence-corrected chi connectivity index (χ4v) is 1.66. The minimum absolute atomic E-state index is 0.0703. The molecule has 1 atom stereocenters. The first kappa shape index (κ1) is 13.6. The molecule has 0 amide bonds. The van der Waals surface area contributed by atoms with Gasteiger partial charge in [0.1, 0.15) is 17.6 Å². The smallest absolute Gasteiger partial charge is 0.172 e. The van der Waals surface area contributed by atoms with E-state index in [2.05, 4.69) is 0 Å². The maximum absolute atomic E-state index is 13.5. The third-order valence-electron chi connectivity index (χ3n) is 2.70. The van der Waals surface area contributed by atoms with E-state index in [1.54, 1.807) is 6.92 Å². The van der Waals surface area contributed by atoms with E-state index < -0.39 is 34.9 Å². The lowest BCUT2D eigenvalue weighted by Gasteiger charge is -2.05. The average Bonchev–Trinajstić information content (AvgIpc) is 2.85. The Morgan fingerprint density at radius 1 is 1.11 bits per heavy atom.